The maximum atomic E-state index is 13.7. The van der Waals surface area contributed by atoms with Gasteiger partial charge in [0, 0.05) is 16.4 Å². The predicted octanol–water partition coefficient (Wildman–Crippen LogP) is 6.00. The molecule has 1 aliphatic carbocycles. The molecule has 5 N–H and O–H groups in total. The lowest BCUT2D eigenvalue weighted by atomic mass is 9.84. The molecular weight excluding hydrogens is 512 g/mol. The number of carbonyl (C=O) groups excluding carboxylic acids is 2. The number of benzene rings is 3. The third-order valence-corrected chi connectivity index (χ3v) is 7.86. The Morgan fingerprint density at radius 3 is 2.10 bits per heavy atom. The van der Waals surface area contributed by atoms with Gasteiger partial charge >= 0.3 is 6.03 Å². The summed E-state index contributed by atoms with van der Waals surface area (Å²) in [6.07, 6.45) is 6.30. The zero-order valence-corrected chi connectivity index (χ0v) is 24.2. The average Bonchev–Trinajstić information content (AvgIpc) is 3.00. The summed E-state index contributed by atoms with van der Waals surface area (Å²) >= 11 is 0. The minimum absolute atomic E-state index is 0.177. The molecule has 8 heteroatoms. The van der Waals surface area contributed by atoms with Crippen LogP contribution in [0.2, 0.25) is 0 Å². The standard InChI is InChI=1S/C33H40N6O2/c1-22(2)25-13-15-26(16-14-25)23(3)36-33(41)39(30-19-17-28(18-20-30)27-7-5-4-6-8-27)21-24-9-11-29(12-10-24)31(40)37-32(34)38-35/h9-20,22-23,27,35H,4-8,21H2,1-3H3,(H,36,41)(H2,34,37,40)/p+1. The zero-order valence-electron chi connectivity index (χ0n) is 24.2. The van der Waals surface area contributed by atoms with Crippen LogP contribution in [0, 0.1) is 0 Å². The van der Waals surface area contributed by atoms with Crippen LogP contribution in [-0.2, 0) is 6.54 Å². The SMILES string of the molecule is CC(C)c1ccc(C(C)NC(=O)N(Cc2ccc(C(=O)N=C(N)N=[NH2+])cc2)c2ccc(C3CCCCC3)cc2)cc1. The third kappa shape index (κ3) is 7.87. The van der Waals surface area contributed by atoms with Gasteiger partial charge in [0.25, 0.3) is 11.9 Å². The zero-order chi connectivity index (χ0) is 29.4. The molecule has 0 aromatic heterocycles. The lowest BCUT2D eigenvalue weighted by Gasteiger charge is -2.27. The second-order valence-corrected chi connectivity index (χ2v) is 11.1. The molecule has 1 atom stereocenters. The molecule has 0 radical (unpaired) electrons. The smallest absolute Gasteiger partial charge is 0.322 e. The second kappa shape index (κ2) is 13.8. The number of aliphatic imine (C=N–C) groups is 1. The van der Waals surface area contributed by atoms with Gasteiger partial charge in [0.2, 0.25) is 0 Å². The summed E-state index contributed by atoms with van der Waals surface area (Å²) in [6, 6.07) is 23.3. The lowest BCUT2D eigenvalue weighted by molar-refractivity contribution is -0.207. The Balaban J connectivity index is 1.55. The van der Waals surface area contributed by atoms with Gasteiger partial charge in [0.1, 0.15) is 0 Å². The topological polar surface area (TPSA) is 126 Å². The van der Waals surface area contributed by atoms with Crippen molar-refractivity contribution in [3.05, 3.63) is 101 Å². The second-order valence-electron chi connectivity index (χ2n) is 11.1. The third-order valence-electron chi connectivity index (χ3n) is 7.86. The fourth-order valence-corrected chi connectivity index (χ4v) is 5.29. The van der Waals surface area contributed by atoms with E-state index in [9.17, 15) is 9.59 Å². The number of nitrogens with one attached hydrogen (secondary N) is 1. The van der Waals surface area contributed by atoms with Crippen LogP contribution in [0.5, 0.6) is 0 Å². The molecule has 1 unspecified atom stereocenters. The molecule has 3 amide bonds. The number of guanidine groups is 1. The summed E-state index contributed by atoms with van der Waals surface area (Å²) < 4.78 is 0. The lowest BCUT2D eigenvalue weighted by Crippen LogP contribution is -2.40. The molecule has 0 saturated heterocycles. The van der Waals surface area contributed by atoms with Crippen molar-refractivity contribution in [2.24, 2.45) is 15.8 Å². The maximum Gasteiger partial charge on any atom is 0.322 e. The van der Waals surface area contributed by atoms with E-state index >= 15 is 0 Å². The first-order valence-corrected chi connectivity index (χ1v) is 14.4. The molecular formula is C33H41N6O2+. The van der Waals surface area contributed by atoms with Crippen LogP contribution >= 0.6 is 0 Å². The van der Waals surface area contributed by atoms with Crippen molar-refractivity contribution in [3.63, 3.8) is 0 Å². The van der Waals surface area contributed by atoms with Crippen molar-refractivity contribution in [3.8, 4) is 0 Å². The van der Waals surface area contributed by atoms with E-state index < -0.39 is 5.91 Å². The molecule has 3 aromatic rings. The van der Waals surface area contributed by atoms with E-state index in [-0.39, 0.29) is 18.0 Å². The number of hydrogen-bond donors (Lipinski definition) is 3. The Bertz CT molecular complexity index is 1360. The van der Waals surface area contributed by atoms with Crippen molar-refractivity contribution in [2.45, 2.75) is 77.3 Å². The van der Waals surface area contributed by atoms with Crippen molar-refractivity contribution >= 4 is 23.6 Å². The molecule has 3 aromatic carbocycles. The van der Waals surface area contributed by atoms with E-state index in [1.807, 2.05) is 31.2 Å². The van der Waals surface area contributed by atoms with Crippen LogP contribution < -0.4 is 21.5 Å². The molecule has 214 valence electrons. The van der Waals surface area contributed by atoms with Crippen molar-refractivity contribution in [1.29, 1.82) is 0 Å². The quantitative estimate of drug-likeness (QED) is 0.180. The van der Waals surface area contributed by atoms with Gasteiger partial charge in [-0.1, -0.05) is 81.6 Å². The van der Waals surface area contributed by atoms with Gasteiger partial charge in [-0.15, -0.1) is 5.53 Å². The minimum Gasteiger partial charge on any atom is -0.363 e. The molecule has 8 nitrogen and oxygen atoms in total. The fraction of sp³-hybridized carbons (Fsp3) is 0.364. The number of urea groups is 1. The first-order valence-electron chi connectivity index (χ1n) is 14.4. The molecule has 1 saturated carbocycles. The molecule has 0 aliphatic heterocycles. The van der Waals surface area contributed by atoms with E-state index in [2.05, 4.69) is 65.7 Å². The van der Waals surface area contributed by atoms with Gasteiger partial charge in [-0.25, -0.2) is 4.79 Å². The summed E-state index contributed by atoms with van der Waals surface area (Å²) in [4.78, 5) is 31.4. The Kier molecular flexibility index (Phi) is 10.0. The largest absolute Gasteiger partial charge is 0.363 e. The molecule has 41 heavy (non-hydrogen) atoms. The van der Waals surface area contributed by atoms with E-state index in [1.165, 1.54) is 43.2 Å². The number of nitrogens with two attached hydrogens (primary N) is 2. The van der Waals surface area contributed by atoms with E-state index in [4.69, 9.17) is 11.3 Å². The Morgan fingerprint density at radius 1 is 0.902 bits per heavy atom. The van der Waals surface area contributed by atoms with Gasteiger partial charge in [-0.3, -0.25) is 9.69 Å². The highest BCUT2D eigenvalue weighted by Crippen LogP contribution is 2.33. The molecule has 0 bridgehead atoms. The van der Waals surface area contributed by atoms with Gasteiger partial charge in [0.15, 0.2) is 0 Å². The molecule has 4 rings (SSSR count). The van der Waals surface area contributed by atoms with Crippen LogP contribution in [0.4, 0.5) is 10.5 Å². The van der Waals surface area contributed by atoms with Crippen LogP contribution in [0.1, 0.15) is 103 Å². The van der Waals surface area contributed by atoms with Gasteiger partial charge < -0.3 is 11.1 Å². The van der Waals surface area contributed by atoms with Crippen LogP contribution in [0.3, 0.4) is 0 Å². The highest BCUT2D eigenvalue weighted by molar-refractivity contribution is 6.02. The van der Waals surface area contributed by atoms with Crippen LogP contribution in [0.25, 0.3) is 0 Å². The summed E-state index contributed by atoms with van der Waals surface area (Å²) in [5, 5.41) is 6.39. The van der Waals surface area contributed by atoms with Crippen LogP contribution in [0.15, 0.2) is 82.9 Å². The van der Waals surface area contributed by atoms with Gasteiger partial charge in [0.05, 0.1) is 12.6 Å². The minimum atomic E-state index is -0.534. The number of amides is 3. The predicted molar refractivity (Wildman–Crippen MR) is 163 cm³/mol. The van der Waals surface area contributed by atoms with E-state index in [0.29, 0.717) is 23.9 Å². The Hall–Kier alpha value is -4.33. The van der Waals surface area contributed by atoms with E-state index in [0.717, 1.165) is 16.8 Å². The summed E-state index contributed by atoms with van der Waals surface area (Å²) in [5.41, 5.74) is 16.2. The first kappa shape index (κ1) is 29.6. The van der Waals surface area contributed by atoms with Gasteiger partial charge in [-0.05, 0) is 78.1 Å². The molecule has 1 aliphatic rings. The summed E-state index contributed by atoms with van der Waals surface area (Å²) in [5.74, 6) is 0.213. The van der Waals surface area contributed by atoms with Crippen molar-refractivity contribution in [1.82, 2.24) is 5.32 Å². The highest BCUT2D eigenvalue weighted by atomic mass is 16.2. The Morgan fingerprint density at radius 2 is 1.51 bits per heavy atom. The number of rotatable bonds is 8. The maximum absolute atomic E-state index is 13.7. The van der Waals surface area contributed by atoms with E-state index in [1.54, 1.807) is 17.0 Å². The Labute approximate surface area is 242 Å². The first-order chi connectivity index (χ1) is 19.7. The normalized spacial score (nSPS) is 14.9. The average molecular weight is 554 g/mol. The number of hydrogen-bond acceptors (Lipinski definition) is 2. The van der Waals surface area contributed by atoms with Crippen molar-refractivity contribution < 1.29 is 15.1 Å². The van der Waals surface area contributed by atoms with Crippen LogP contribution in [-0.4, -0.2) is 17.9 Å². The number of carbonyl (C=O) groups is 2. The van der Waals surface area contributed by atoms with Crippen molar-refractivity contribution in [2.75, 3.05) is 4.90 Å². The molecule has 0 spiro atoms. The number of anilines is 1. The molecule has 0 heterocycles. The van der Waals surface area contributed by atoms with Gasteiger partial charge in [-0.2, -0.15) is 4.99 Å². The summed E-state index contributed by atoms with van der Waals surface area (Å²) in [6.45, 7) is 6.65. The fourth-order valence-electron chi connectivity index (χ4n) is 5.29. The molecule has 1 fully saturated rings. The number of nitrogens with zero attached hydrogens (tertiary/aromatic N) is 3. The highest BCUT2D eigenvalue weighted by Gasteiger charge is 2.21. The summed E-state index contributed by atoms with van der Waals surface area (Å²) in [7, 11) is 0. The monoisotopic (exact) mass is 553 g/mol.